The van der Waals surface area contributed by atoms with E-state index in [2.05, 4.69) is 28.5 Å². The van der Waals surface area contributed by atoms with Gasteiger partial charge >= 0.3 is 0 Å². The molecular formula is C24H24N2O2. The van der Waals surface area contributed by atoms with Crippen LogP contribution in [0.1, 0.15) is 38.8 Å². The molecule has 3 aromatic rings. The number of nitrogens with zero attached hydrogens (tertiary/aromatic N) is 1. The van der Waals surface area contributed by atoms with E-state index in [-0.39, 0.29) is 5.78 Å². The molecule has 0 unspecified atom stereocenters. The van der Waals surface area contributed by atoms with E-state index in [9.17, 15) is 4.79 Å². The summed E-state index contributed by atoms with van der Waals surface area (Å²) >= 11 is 0. The fourth-order valence-corrected chi connectivity index (χ4v) is 4.83. The van der Waals surface area contributed by atoms with Crippen LogP contribution in [0.4, 0.5) is 5.69 Å². The number of aromatic nitrogens is 1. The smallest absolute Gasteiger partial charge is 0.167 e. The zero-order valence-electron chi connectivity index (χ0n) is 16.7. The lowest BCUT2D eigenvalue weighted by molar-refractivity contribution is -0.127. The minimum atomic E-state index is -0.599. The van der Waals surface area contributed by atoms with Gasteiger partial charge in [0.25, 0.3) is 0 Å². The molecule has 2 aromatic carbocycles. The molecule has 0 spiro atoms. The van der Waals surface area contributed by atoms with Crippen molar-refractivity contribution in [2.45, 2.75) is 45.1 Å². The molecule has 0 aliphatic carbocycles. The number of ketones is 1. The second-order valence-corrected chi connectivity index (χ2v) is 8.83. The molecule has 0 saturated carbocycles. The minimum absolute atomic E-state index is 0.205. The number of rotatable bonds is 1. The number of carbonyl (C=O) groups is 1. The molecule has 1 N–H and O–H groups in total. The number of hydrogen-bond acceptors (Lipinski definition) is 4. The number of Topliss-reactive ketones (excluding diaryl/α,β-unsaturated/α-hetero) is 1. The van der Waals surface area contributed by atoms with Crippen molar-refractivity contribution >= 4 is 22.4 Å². The summed E-state index contributed by atoms with van der Waals surface area (Å²) in [5, 5.41) is 4.61. The number of nitrogens with one attached hydrogen (secondary N) is 1. The summed E-state index contributed by atoms with van der Waals surface area (Å²) in [6.07, 6.45) is 2.66. The molecule has 0 fully saturated rings. The Labute approximate surface area is 164 Å². The van der Waals surface area contributed by atoms with Crippen LogP contribution in [-0.2, 0) is 16.6 Å². The maximum atomic E-state index is 13.2. The predicted molar refractivity (Wildman–Crippen MR) is 112 cm³/mol. The molecule has 0 bridgehead atoms. The van der Waals surface area contributed by atoms with Gasteiger partial charge in [0.05, 0.1) is 23.1 Å². The summed E-state index contributed by atoms with van der Waals surface area (Å²) < 4.78 is 6.12. The number of benzene rings is 2. The van der Waals surface area contributed by atoms with Gasteiger partial charge in [-0.2, -0.15) is 0 Å². The summed E-state index contributed by atoms with van der Waals surface area (Å²) in [6, 6.07) is 12.4. The zero-order chi connectivity index (χ0) is 19.7. The zero-order valence-corrected chi connectivity index (χ0v) is 16.7. The van der Waals surface area contributed by atoms with Gasteiger partial charge in [0.2, 0.25) is 0 Å². The van der Waals surface area contributed by atoms with Crippen molar-refractivity contribution in [2.24, 2.45) is 0 Å². The summed E-state index contributed by atoms with van der Waals surface area (Å²) in [7, 11) is 0. The van der Waals surface area contributed by atoms with E-state index in [0.29, 0.717) is 6.61 Å². The maximum Gasteiger partial charge on any atom is 0.167 e. The third kappa shape index (κ3) is 2.24. The van der Waals surface area contributed by atoms with E-state index in [4.69, 9.17) is 4.74 Å². The molecular weight excluding hydrogens is 348 g/mol. The minimum Gasteiger partial charge on any atom is -0.492 e. The average Bonchev–Trinajstić information content (AvgIpc) is 3.16. The number of ether oxygens (including phenoxy) is 1. The molecule has 142 valence electrons. The van der Waals surface area contributed by atoms with E-state index in [1.807, 2.05) is 52.1 Å². The summed E-state index contributed by atoms with van der Waals surface area (Å²) in [5.41, 5.74) is 5.24. The highest BCUT2D eigenvalue weighted by atomic mass is 16.5. The Bertz CT molecular complexity index is 1140. The van der Waals surface area contributed by atoms with Crippen molar-refractivity contribution < 1.29 is 9.53 Å². The lowest BCUT2D eigenvalue weighted by Gasteiger charge is -2.43. The van der Waals surface area contributed by atoms with Crippen molar-refractivity contribution in [3.05, 3.63) is 53.7 Å². The summed E-state index contributed by atoms with van der Waals surface area (Å²) in [5.74, 6) is 1.14. The summed E-state index contributed by atoms with van der Waals surface area (Å²) in [6.45, 7) is 8.66. The van der Waals surface area contributed by atoms with Crippen molar-refractivity contribution in [3.8, 4) is 16.9 Å². The lowest BCUT2D eigenvalue weighted by atomic mass is 9.68. The Morgan fingerprint density at radius 1 is 1.07 bits per heavy atom. The first-order valence-corrected chi connectivity index (χ1v) is 9.81. The third-order valence-electron chi connectivity index (χ3n) is 6.16. The van der Waals surface area contributed by atoms with Gasteiger partial charge in [-0.25, -0.2) is 0 Å². The van der Waals surface area contributed by atoms with Crippen LogP contribution < -0.4 is 10.1 Å². The van der Waals surface area contributed by atoms with Crippen molar-refractivity contribution in [1.82, 2.24) is 4.98 Å². The highest BCUT2D eigenvalue weighted by Crippen LogP contribution is 2.51. The number of carbonyl (C=O) groups excluding carboxylic acids is 1. The SMILES string of the molecule is CC1(C)Nc2c(cc(-c3cccc4ncccc34)c3c2CCO3)C(C)(C)C1=O. The van der Waals surface area contributed by atoms with Crippen LogP contribution in [0.25, 0.3) is 22.0 Å². The maximum absolute atomic E-state index is 13.2. The van der Waals surface area contributed by atoms with Crippen LogP contribution in [-0.4, -0.2) is 22.9 Å². The first-order chi connectivity index (χ1) is 13.3. The van der Waals surface area contributed by atoms with E-state index in [0.717, 1.165) is 45.5 Å². The van der Waals surface area contributed by atoms with Crippen molar-refractivity contribution in [3.63, 3.8) is 0 Å². The normalized spacial score (nSPS) is 18.9. The second-order valence-electron chi connectivity index (χ2n) is 8.83. The highest BCUT2D eigenvalue weighted by molar-refractivity contribution is 6.05. The van der Waals surface area contributed by atoms with Crippen molar-refractivity contribution in [2.75, 3.05) is 11.9 Å². The molecule has 28 heavy (non-hydrogen) atoms. The van der Waals surface area contributed by atoms with Crippen molar-refractivity contribution in [1.29, 1.82) is 0 Å². The molecule has 4 nitrogen and oxygen atoms in total. The third-order valence-corrected chi connectivity index (χ3v) is 6.16. The van der Waals surface area contributed by atoms with Gasteiger partial charge in [-0.15, -0.1) is 0 Å². The number of fused-ring (bicyclic) bond motifs is 4. The molecule has 0 amide bonds. The van der Waals surface area contributed by atoms with Crippen LogP contribution in [0.15, 0.2) is 42.6 Å². The van der Waals surface area contributed by atoms with E-state index >= 15 is 0 Å². The Kier molecular flexibility index (Phi) is 3.43. The fourth-order valence-electron chi connectivity index (χ4n) is 4.83. The van der Waals surface area contributed by atoms with Gasteiger partial charge in [0.1, 0.15) is 5.75 Å². The quantitative estimate of drug-likeness (QED) is 0.661. The second kappa shape index (κ2) is 5.57. The van der Waals surface area contributed by atoms with Crippen LogP contribution in [0.3, 0.4) is 0 Å². The molecule has 3 heterocycles. The van der Waals surface area contributed by atoms with E-state index in [1.54, 1.807) is 0 Å². The largest absolute Gasteiger partial charge is 0.492 e. The van der Waals surface area contributed by atoms with Gasteiger partial charge in [0, 0.05) is 34.8 Å². The first-order valence-electron chi connectivity index (χ1n) is 9.81. The van der Waals surface area contributed by atoms with Gasteiger partial charge in [-0.3, -0.25) is 9.78 Å². The van der Waals surface area contributed by atoms with E-state index in [1.165, 1.54) is 5.56 Å². The lowest BCUT2D eigenvalue weighted by Crippen LogP contribution is -2.53. The first kappa shape index (κ1) is 17.2. The number of hydrogen-bond donors (Lipinski definition) is 1. The standard InChI is InChI=1S/C24H24N2O2/c1-23(2)18-13-17(14-7-5-9-19-15(14)8-6-11-25-19)21-16(10-12-28-21)20(18)26-24(3,4)22(23)27/h5-9,11,13,26H,10,12H2,1-4H3. The van der Waals surface area contributed by atoms with Crippen LogP contribution >= 0.6 is 0 Å². The van der Waals surface area contributed by atoms with Gasteiger partial charge in [0.15, 0.2) is 5.78 Å². The molecule has 1 aromatic heterocycles. The predicted octanol–water partition coefficient (Wildman–Crippen LogP) is 4.89. The van der Waals surface area contributed by atoms with E-state index < -0.39 is 11.0 Å². The van der Waals surface area contributed by atoms with Crippen LogP contribution in [0.2, 0.25) is 0 Å². The Morgan fingerprint density at radius 2 is 1.89 bits per heavy atom. The molecule has 5 rings (SSSR count). The molecule has 0 atom stereocenters. The molecule has 2 aliphatic heterocycles. The van der Waals surface area contributed by atoms with Gasteiger partial charge in [-0.1, -0.05) is 18.2 Å². The monoisotopic (exact) mass is 372 g/mol. The topological polar surface area (TPSA) is 51.2 Å². The number of anilines is 1. The van der Waals surface area contributed by atoms with Crippen LogP contribution in [0, 0.1) is 0 Å². The Hall–Kier alpha value is -2.88. The Morgan fingerprint density at radius 3 is 2.71 bits per heavy atom. The molecule has 2 aliphatic rings. The Balaban J connectivity index is 1.84. The molecule has 4 heteroatoms. The van der Waals surface area contributed by atoms with Crippen LogP contribution in [0.5, 0.6) is 5.75 Å². The van der Waals surface area contributed by atoms with Gasteiger partial charge in [-0.05, 0) is 57.0 Å². The molecule has 0 radical (unpaired) electrons. The highest BCUT2D eigenvalue weighted by Gasteiger charge is 2.47. The average molecular weight is 372 g/mol. The summed E-state index contributed by atoms with van der Waals surface area (Å²) in [4.78, 5) is 17.7. The van der Waals surface area contributed by atoms with Gasteiger partial charge < -0.3 is 10.1 Å². The molecule has 0 saturated heterocycles. The number of pyridine rings is 1. The fraction of sp³-hybridized carbons (Fsp3) is 0.333.